The van der Waals surface area contributed by atoms with Gasteiger partial charge in [0.15, 0.2) is 0 Å². The first-order valence-corrected chi connectivity index (χ1v) is 4.43. The predicted molar refractivity (Wildman–Crippen MR) is 54.5 cm³/mol. The molecule has 0 unspecified atom stereocenters. The zero-order valence-corrected chi connectivity index (χ0v) is 7.83. The van der Waals surface area contributed by atoms with Gasteiger partial charge in [-0.1, -0.05) is 36.4 Å². The maximum atomic E-state index is 8.37. The van der Waals surface area contributed by atoms with Crippen LogP contribution in [-0.4, -0.2) is 11.8 Å². The second-order valence-corrected chi connectivity index (χ2v) is 2.95. The van der Waals surface area contributed by atoms with Crippen LogP contribution in [0.5, 0.6) is 0 Å². The molecule has 0 aliphatic heterocycles. The molecule has 2 heteroatoms. The van der Waals surface area contributed by atoms with E-state index in [1.807, 2.05) is 18.2 Å². The van der Waals surface area contributed by atoms with Crippen LogP contribution >= 0.6 is 0 Å². The van der Waals surface area contributed by atoms with E-state index in [1.165, 1.54) is 11.1 Å². The minimum atomic E-state index is 0.601. The van der Waals surface area contributed by atoms with E-state index in [9.17, 15) is 0 Å². The van der Waals surface area contributed by atoms with Crippen LogP contribution in [0.15, 0.2) is 36.4 Å². The highest BCUT2D eigenvalue weighted by Gasteiger charge is 1.91. The van der Waals surface area contributed by atoms with Crippen LogP contribution in [0.2, 0.25) is 0 Å². The van der Waals surface area contributed by atoms with E-state index in [2.05, 4.69) is 30.6 Å². The van der Waals surface area contributed by atoms with Gasteiger partial charge in [-0.05, 0) is 24.5 Å². The van der Waals surface area contributed by atoms with Crippen LogP contribution in [0.25, 0.3) is 5.57 Å². The van der Waals surface area contributed by atoms with Gasteiger partial charge < -0.3 is 5.21 Å². The Labute approximate surface area is 78.9 Å². The van der Waals surface area contributed by atoms with E-state index < -0.39 is 0 Å². The van der Waals surface area contributed by atoms with Gasteiger partial charge in [-0.25, -0.2) is 5.48 Å². The van der Waals surface area contributed by atoms with Crippen molar-refractivity contribution in [2.24, 2.45) is 0 Å². The first-order valence-electron chi connectivity index (χ1n) is 4.43. The molecule has 70 valence electrons. The number of hydrogen-bond donors (Lipinski definition) is 2. The molecule has 0 radical (unpaired) electrons. The van der Waals surface area contributed by atoms with Crippen molar-refractivity contribution < 1.29 is 5.21 Å². The standard InChI is InChI=1S/C11H15NO/c1-10(6-5-9-12-13)11-7-3-2-4-8-11/h2-4,6-8,12-13H,5,9H2,1H3/b10-6+. The molecule has 0 aliphatic carbocycles. The molecule has 0 aliphatic rings. The van der Waals surface area contributed by atoms with Gasteiger partial charge in [0.05, 0.1) is 0 Å². The molecule has 0 saturated carbocycles. The molecular formula is C11H15NO. The number of allylic oxidation sites excluding steroid dienone is 1. The lowest BCUT2D eigenvalue weighted by atomic mass is 10.1. The molecule has 1 rings (SSSR count). The van der Waals surface area contributed by atoms with Crippen molar-refractivity contribution in [3.63, 3.8) is 0 Å². The molecule has 0 bridgehead atoms. The van der Waals surface area contributed by atoms with Gasteiger partial charge in [-0.2, -0.15) is 0 Å². The maximum absolute atomic E-state index is 8.37. The lowest BCUT2D eigenvalue weighted by Gasteiger charge is -2.00. The Hall–Kier alpha value is -1.12. The van der Waals surface area contributed by atoms with Crippen molar-refractivity contribution in [1.82, 2.24) is 5.48 Å². The Balaban J connectivity index is 2.57. The lowest BCUT2D eigenvalue weighted by Crippen LogP contribution is -2.07. The van der Waals surface area contributed by atoms with Crippen LogP contribution in [0.3, 0.4) is 0 Å². The minimum absolute atomic E-state index is 0.601. The Morgan fingerprint density at radius 2 is 2.08 bits per heavy atom. The summed E-state index contributed by atoms with van der Waals surface area (Å²) in [6, 6.07) is 10.2. The zero-order chi connectivity index (χ0) is 9.52. The first-order chi connectivity index (χ1) is 6.34. The molecule has 0 heterocycles. The molecule has 2 nitrogen and oxygen atoms in total. The largest absolute Gasteiger partial charge is 0.317 e. The average Bonchev–Trinajstić information content (AvgIpc) is 2.19. The summed E-state index contributed by atoms with van der Waals surface area (Å²) in [4.78, 5) is 0. The summed E-state index contributed by atoms with van der Waals surface area (Å²) >= 11 is 0. The minimum Gasteiger partial charge on any atom is -0.317 e. The fourth-order valence-corrected chi connectivity index (χ4v) is 1.17. The Morgan fingerprint density at radius 1 is 1.38 bits per heavy atom. The number of hydroxylamine groups is 1. The third-order valence-electron chi connectivity index (χ3n) is 1.94. The topological polar surface area (TPSA) is 32.3 Å². The van der Waals surface area contributed by atoms with Crippen molar-refractivity contribution in [1.29, 1.82) is 0 Å². The summed E-state index contributed by atoms with van der Waals surface area (Å²) in [6.45, 7) is 2.68. The van der Waals surface area contributed by atoms with E-state index in [0.717, 1.165) is 6.42 Å². The van der Waals surface area contributed by atoms with Crippen LogP contribution in [0.4, 0.5) is 0 Å². The summed E-state index contributed by atoms with van der Waals surface area (Å²) in [7, 11) is 0. The molecular weight excluding hydrogens is 162 g/mol. The van der Waals surface area contributed by atoms with Crippen molar-refractivity contribution >= 4 is 5.57 Å². The molecule has 13 heavy (non-hydrogen) atoms. The van der Waals surface area contributed by atoms with Gasteiger partial charge in [0.1, 0.15) is 0 Å². The lowest BCUT2D eigenvalue weighted by molar-refractivity contribution is 0.169. The van der Waals surface area contributed by atoms with Crippen molar-refractivity contribution in [2.75, 3.05) is 6.54 Å². The summed E-state index contributed by atoms with van der Waals surface area (Å²) in [5, 5.41) is 8.37. The Bertz CT molecular complexity index is 267. The van der Waals surface area contributed by atoms with E-state index in [0.29, 0.717) is 6.54 Å². The van der Waals surface area contributed by atoms with E-state index in [4.69, 9.17) is 5.21 Å². The molecule has 0 amide bonds. The monoisotopic (exact) mass is 177 g/mol. The molecule has 1 aromatic carbocycles. The van der Waals surface area contributed by atoms with Crippen LogP contribution in [0, 0.1) is 0 Å². The molecule has 1 aromatic rings. The van der Waals surface area contributed by atoms with Crippen molar-refractivity contribution in [2.45, 2.75) is 13.3 Å². The van der Waals surface area contributed by atoms with Gasteiger partial charge in [0.2, 0.25) is 0 Å². The number of benzene rings is 1. The van der Waals surface area contributed by atoms with Crippen molar-refractivity contribution in [3.8, 4) is 0 Å². The number of nitrogens with one attached hydrogen (secondary N) is 1. The third-order valence-corrected chi connectivity index (χ3v) is 1.94. The highest BCUT2D eigenvalue weighted by Crippen LogP contribution is 2.12. The van der Waals surface area contributed by atoms with Crippen LogP contribution < -0.4 is 5.48 Å². The second kappa shape index (κ2) is 5.51. The smallest absolute Gasteiger partial charge is 0.0242 e. The fourth-order valence-electron chi connectivity index (χ4n) is 1.17. The highest BCUT2D eigenvalue weighted by atomic mass is 16.5. The normalized spacial score (nSPS) is 11.7. The second-order valence-electron chi connectivity index (χ2n) is 2.95. The van der Waals surface area contributed by atoms with Crippen LogP contribution in [0.1, 0.15) is 18.9 Å². The van der Waals surface area contributed by atoms with Gasteiger partial charge >= 0.3 is 0 Å². The summed E-state index contributed by atoms with van der Waals surface area (Å²) in [5.41, 5.74) is 4.61. The van der Waals surface area contributed by atoms with E-state index in [-0.39, 0.29) is 0 Å². The molecule has 2 N–H and O–H groups in total. The van der Waals surface area contributed by atoms with Crippen LogP contribution in [-0.2, 0) is 0 Å². The Morgan fingerprint density at radius 3 is 2.69 bits per heavy atom. The number of rotatable bonds is 4. The van der Waals surface area contributed by atoms with Gasteiger partial charge in [-0.3, -0.25) is 0 Å². The Kier molecular flexibility index (Phi) is 4.23. The molecule has 0 aromatic heterocycles. The summed E-state index contributed by atoms with van der Waals surface area (Å²) in [6.07, 6.45) is 2.95. The van der Waals surface area contributed by atoms with E-state index >= 15 is 0 Å². The number of hydrogen-bond acceptors (Lipinski definition) is 2. The van der Waals surface area contributed by atoms with Gasteiger partial charge in [0, 0.05) is 6.54 Å². The molecule has 0 fully saturated rings. The summed E-state index contributed by atoms with van der Waals surface area (Å²) < 4.78 is 0. The predicted octanol–water partition coefficient (Wildman–Crippen LogP) is 2.46. The highest BCUT2D eigenvalue weighted by molar-refractivity contribution is 5.63. The quantitative estimate of drug-likeness (QED) is 0.547. The maximum Gasteiger partial charge on any atom is 0.0242 e. The zero-order valence-electron chi connectivity index (χ0n) is 7.83. The molecule has 0 saturated heterocycles. The van der Waals surface area contributed by atoms with E-state index in [1.54, 1.807) is 0 Å². The van der Waals surface area contributed by atoms with Gasteiger partial charge in [0.25, 0.3) is 0 Å². The van der Waals surface area contributed by atoms with Gasteiger partial charge in [-0.15, -0.1) is 0 Å². The SMILES string of the molecule is C/C(=C\CCNO)c1ccccc1. The average molecular weight is 177 g/mol. The summed E-state index contributed by atoms with van der Waals surface area (Å²) in [5.74, 6) is 0. The molecule has 0 spiro atoms. The third kappa shape index (κ3) is 3.40. The van der Waals surface area contributed by atoms with Crippen molar-refractivity contribution in [3.05, 3.63) is 42.0 Å². The first kappa shape index (κ1) is 9.96. The molecule has 0 atom stereocenters. The fraction of sp³-hybridized carbons (Fsp3) is 0.273.